The van der Waals surface area contributed by atoms with E-state index in [-0.39, 0.29) is 10.3 Å². The Kier molecular flexibility index (Phi) is 3.63. The lowest BCUT2D eigenvalue weighted by atomic mass is 10.2. The molecular weight excluding hydrogens is 320 g/mol. The van der Waals surface area contributed by atoms with Crippen LogP contribution >= 0.6 is 22.9 Å². The summed E-state index contributed by atoms with van der Waals surface area (Å²) in [6, 6.07) is 6.75. The van der Waals surface area contributed by atoms with E-state index in [0.717, 1.165) is 11.3 Å². The van der Waals surface area contributed by atoms with E-state index in [1.807, 2.05) is 0 Å². The SMILES string of the molecule is O=S(=O)(c1ccc(Cl)s1)N1CC(Nc2cccnn2)C1. The lowest BCUT2D eigenvalue weighted by Gasteiger charge is -2.38. The summed E-state index contributed by atoms with van der Waals surface area (Å²) >= 11 is 6.85. The van der Waals surface area contributed by atoms with Gasteiger partial charge in [0, 0.05) is 19.3 Å². The van der Waals surface area contributed by atoms with Gasteiger partial charge in [0.15, 0.2) is 0 Å². The van der Waals surface area contributed by atoms with Crippen molar-refractivity contribution in [1.82, 2.24) is 14.5 Å². The second-order valence-electron chi connectivity index (χ2n) is 4.33. The molecule has 6 nitrogen and oxygen atoms in total. The summed E-state index contributed by atoms with van der Waals surface area (Å²) < 4.78 is 26.7. The fourth-order valence-corrected chi connectivity index (χ4v) is 5.04. The Labute approximate surface area is 125 Å². The van der Waals surface area contributed by atoms with Crippen molar-refractivity contribution >= 4 is 38.8 Å². The van der Waals surface area contributed by atoms with Gasteiger partial charge in [-0.2, -0.15) is 9.40 Å². The molecule has 0 aromatic carbocycles. The molecule has 0 bridgehead atoms. The fourth-order valence-electron chi connectivity index (χ4n) is 1.88. The number of halogens is 1. The molecule has 3 rings (SSSR count). The van der Waals surface area contributed by atoms with Gasteiger partial charge >= 0.3 is 0 Å². The van der Waals surface area contributed by atoms with Gasteiger partial charge in [-0.1, -0.05) is 11.6 Å². The maximum Gasteiger partial charge on any atom is 0.252 e. The van der Waals surface area contributed by atoms with Gasteiger partial charge in [0.25, 0.3) is 10.0 Å². The number of nitrogens with zero attached hydrogens (tertiary/aromatic N) is 3. The molecular formula is C11H11ClN4O2S2. The number of aromatic nitrogens is 2. The van der Waals surface area contributed by atoms with Crippen LogP contribution in [0.1, 0.15) is 0 Å². The van der Waals surface area contributed by atoms with Crippen molar-refractivity contribution in [2.45, 2.75) is 10.3 Å². The molecule has 1 aliphatic rings. The Hall–Kier alpha value is -1.22. The summed E-state index contributed by atoms with van der Waals surface area (Å²) in [4.78, 5) is 0. The zero-order chi connectivity index (χ0) is 14.2. The standard InChI is InChI=1S/C11H11ClN4O2S2/c12-9-3-4-11(19-9)20(17,18)16-6-8(7-16)14-10-2-1-5-13-15-10/h1-5,8H,6-7H2,(H,14,15). The van der Waals surface area contributed by atoms with E-state index in [9.17, 15) is 8.42 Å². The molecule has 0 aliphatic carbocycles. The predicted molar refractivity (Wildman–Crippen MR) is 77.5 cm³/mol. The molecule has 20 heavy (non-hydrogen) atoms. The van der Waals surface area contributed by atoms with Crippen LogP contribution in [-0.2, 0) is 10.0 Å². The highest BCUT2D eigenvalue weighted by Crippen LogP contribution is 2.30. The first-order valence-electron chi connectivity index (χ1n) is 5.85. The van der Waals surface area contributed by atoms with E-state index >= 15 is 0 Å². The van der Waals surface area contributed by atoms with E-state index in [2.05, 4.69) is 15.5 Å². The second kappa shape index (κ2) is 5.28. The topological polar surface area (TPSA) is 75.2 Å². The maximum absolute atomic E-state index is 12.2. The molecule has 0 unspecified atom stereocenters. The second-order valence-corrected chi connectivity index (χ2v) is 8.21. The number of hydrogen-bond donors (Lipinski definition) is 1. The van der Waals surface area contributed by atoms with Gasteiger partial charge in [-0.15, -0.1) is 16.4 Å². The Morgan fingerprint density at radius 1 is 1.35 bits per heavy atom. The minimum Gasteiger partial charge on any atom is -0.363 e. The van der Waals surface area contributed by atoms with Crippen LogP contribution in [0, 0.1) is 0 Å². The Bertz CT molecular complexity index is 698. The fraction of sp³-hybridized carbons (Fsp3) is 0.273. The van der Waals surface area contributed by atoms with Crippen LogP contribution in [0.2, 0.25) is 4.34 Å². The van der Waals surface area contributed by atoms with Crippen LogP contribution in [0.15, 0.2) is 34.7 Å². The van der Waals surface area contributed by atoms with Crippen LogP contribution in [0.3, 0.4) is 0 Å². The monoisotopic (exact) mass is 330 g/mol. The first-order chi connectivity index (χ1) is 9.55. The van der Waals surface area contributed by atoms with Gasteiger partial charge in [-0.25, -0.2) is 8.42 Å². The number of sulfonamides is 1. The summed E-state index contributed by atoms with van der Waals surface area (Å²) in [5.74, 6) is 0.647. The van der Waals surface area contributed by atoms with Gasteiger partial charge in [-0.05, 0) is 24.3 Å². The molecule has 1 saturated heterocycles. The third-order valence-corrected chi connectivity index (χ3v) is 6.45. The van der Waals surface area contributed by atoms with E-state index in [4.69, 9.17) is 11.6 Å². The minimum atomic E-state index is -3.42. The van der Waals surface area contributed by atoms with Gasteiger partial charge in [0.2, 0.25) is 0 Å². The summed E-state index contributed by atoms with van der Waals surface area (Å²) in [7, 11) is -3.42. The summed E-state index contributed by atoms with van der Waals surface area (Å²) in [5, 5.41) is 10.8. The zero-order valence-corrected chi connectivity index (χ0v) is 12.6. The van der Waals surface area contributed by atoms with Crippen molar-refractivity contribution in [2.24, 2.45) is 0 Å². The van der Waals surface area contributed by atoms with Crippen molar-refractivity contribution in [3.63, 3.8) is 0 Å². The third-order valence-electron chi connectivity index (χ3n) is 2.92. The van der Waals surface area contributed by atoms with E-state index in [0.29, 0.717) is 23.2 Å². The molecule has 106 valence electrons. The molecule has 1 N–H and O–H groups in total. The smallest absolute Gasteiger partial charge is 0.252 e. The minimum absolute atomic E-state index is 0.0527. The number of rotatable bonds is 4. The first-order valence-corrected chi connectivity index (χ1v) is 8.49. The molecule has 0 spiro atoms. The van der Waals surface area contributed by atoms with Crippen LogP contribution in [-0.4, -0.2) is 42.1 Å². The quantitative estimate of drug-likeness (QED) is 0.923. The lowest BCUT2D eigenvalue weighted by molar-refractivity contribution is 0.281. The van der Waals surface area contributed by atoms with E-state index in [1.165, 1.54) is 10.4 Å². The lowest BCUT2D eigenvalue weighted by Crippen LogP contribution is -2.56. The highest BCUT2D eigenvalue weighted by atomic mass is 35.5. The number of hydrogen-bond acceptors (Lipinski definition) is 6. The Balaban J connectivity index is 1.63. The van der Waals surface area contributed by atoms with Gasteiger partial charge in [-0.3, -0.25) is 0 Å². The zero-order valence-electron chi connectivity index (χ0n) is 10.2. The molecule has 0 atom stereocenters. The highest BCUT2D eigenvalue weighted by molar-refractivity contribution is 7.91. The number of anilines is 1. The van der Waals surface area contributed by atoms with Crippen molar-refractivity contribution in [1.29, 1.82) is 0 Å². The van der Waals surface area contributed by atoms with E-state index in [1.54, 1.807) is 24.4 Å². The van der Waals surface area contributed by atoms with Crippen LogP contribution in [0.25, 0.3) is 0 Å². The average Bonchev–Trinajstić information content (AvgIpc) is 2.82. The van der Waals surface area contributed by atoms with Crippen LogP contribution in [0.4, 0.5) is 5.82 Å². The molecule has 0 saturated carbocycles. The van der Waals surface area contributed by atoms with Crippen LogP contribution < -0.4 is 5.32 Å². The number of thiophene rings is 1. The predicted octanol–water partition coefficient (Wildman–Crippen LogP) is 1.68. The molecule has 9 heteroatoms. The van der Waals surface area contributed by atoms with Gasteiger partial charge in [0.1, 0.15) is 10.0 Å². The third kappa shape index (κ3) is 2.64. The van der Waals surface area contributed by atoms with Crippen molar-refractivity contribution in [3.8, 4) is 0 Å². The Morgan fingerprint density at radius 2 is 2.15 bits per heavy atom. The summed E-state index contributed by atoms with van der Waals surface area (Å²) in [6.45, 7) is 0.822. The van der Waals surface area contributed by atoms with Crippen molar-refractivity contribution in [3.05, 3.63) is 34.8 Å². The highest BCUT2D eigenvalue weighted by Gasteiger charge is 2.37. The molecule has 2 aromatic heterocycles. The largest absolute Gasteiger partial charge is 0.363 e. The summed E-state index contributed by atoms with van der Waals surface area (Å²) in [6.07, 6.45) is 1.59. The molecule has 0 amide bonds. The number of nitrogens with one attached hydrogen (secondary N) is 1. The molecule has 3 heterocycles. The van der Waals surface area contributed by atoms with Crippen LogP contribution in [0.5, 0.6) is 0 Å². The summed E-state index contributed by atoms with van der Waals surface area (Å²) in [5.41, 5.74) is 0. The average molecular weight is 331 g/mol. The maximum atomic E-state index is 12.2. The molecule has 2 aromatic rings. The molecule has 0 radical (unpaired) electrons. The molecule has 1 fully saturated rings. The van der Waals surface area contributed by atoms with Crippen molar-refractivity contribution in [2.75, 3.05) is 18.4 Å². The van der Waals surface area contributed by atoms with E-state index < -0.39 is 10.0 Å². The first kappa shape index (κ1) is 13.7. The van der Waals surface area contributed by atoms with Gasteiger partial charge in [0.05, 0.1) is 10.4 Å². The molecule has 1 aliphatic heterocycles. The normalized spacial score (nSPS) is 16.9. The Morgan fingerprint density at radius 3 is 2.75 bits per heavy atom. The van der Waals surface area contributed by atoms with Crippen molar-refractivity contribution < 1.29 is 8.42 Å². The van der Waals surface area contributed by atoms with Gasteiger partial charge < -0.3 is 5.32 Å².